The number of hydrogen-bond acceptors (Lipinski definition) is 6. The van der Waals surface area contributed by atoms with Gasteiger partial charge in [-0.3, -0.25) is 9.48 Å². The van der Waals surface area contributed by atoms with Gasteiger partial charge in [0.25, 0.3) is 5.56 Å². The van der Waals surface area contributed by atoms with Crippen LogP contribution in [0.3, 0.4) is 0 Å². The normalized spacial score (nSPS) is 11.6. The molecule has 0 spiro atoms. The highest BCUT2D eigenvalue weighted by Crippen LogP contribution is 2.30. The molecule has 0 aliphatic heterocycles. The zero-order chi connectivity index (χ0) is 18.7. The van der Waals surface area contributed by atoms with E-state index >= 15 is 0 Å². The van der Waals surface area contributed by atoms with Gasteiger partial charge in [0.05, 0.1) is 29.2 Å². The van der Waals surface area contributed by atoms with Gasteiger partial charge in [-0.05, 0) is 11.6 Å². The van der Waals surface area contributed by atoms with Crippen LogP contribution in [0.15, 0.2) is 35.4 Å². The molecule has 0 saturated heterocycles. The highest BCUT2D eigenvalue weighted by molar-refractivity contribution is 7.20. The summed E-state index contributed by atoms with van der Waals surface area (Å²) in [6.45, 7) is 0.355. The van der Waals surface area contributed by atoms with Crippen LogP contribution < -0.4 is 5.56 Å². The second-order valence-corrected chi connectivity index (χ2v) is 7.33. The van der Waals surface area contributed by atoms with Crippen molar-refractivity contribution in [2.75, 3.05) is 0 Å². The first-order chi connectivity index (χ1) is 13.1. The lowest BCUT2D eigenvalue weighted by Gasteiger charge is -2.07. The maximum Gasteiger partial charge on any atom is 0.291 e. The molecule has 0 aliphatic carbocycles. The molecule has 5 rings (SSSR count). The Morgan fingerprint density at radius 2 is 2.00 bits per heavy atom. The van der Waals surface area contributed by atoms with E-state index < -0.39 is 0 Å². The van der Waals surface area contributed by atoms with E-state index in [-0.39, 0.29) is 5.56 Å². The van der Waals surface area contributed by atoms with Gasteiger partial charge >= 0.3 is 0 Å². The number of benzene rings is 1. The highest BCUT2D eigenvalue weighted by atomic mass is 32.1. The Kier molecular flexibility index (Phi) is 3.20. The van der Waals surface area contributed by atoms with Crippen molar-refractivity contribution in [2.45, 2.75) is 6.54 Å². The third-order valence-electron chi connectivity index (χ3n) is 4.82. The molecule has 132 valence electrons. The number of fused-ring (bicyclic) bond motifs is 4. The van der Waals surface area contributed by atoms with Gasteiger partial charge in [-0.15, -0.1) is 11.3 Å². The first-order valence-corrected chi connectivity index (χ1v) is 9.05. The fraction of sp³-hybridized carbons (Fsp3) is 0.167. The standard InChI is InChI=1S/C18H13N7OS/c1-23-15-12(16-17(23)22-14(6-19)27-16)8-21-25(18(15)26)9-10-4-3-5-13-11(10)7-20-24(13)2/h3-5,7-8H,9H2,1-2H3. The fourth-order valence-electron chi connectivity index (χ4n) is 3.49. The average Bonchev–Trinajstić information content (AvgIpc) is 3.33. The van der Waals surface area contributed by atoms with Crippen LogP contribution in [0.2, 0.25) is 0 Å². The lowest BCUT2D eigenvalue weighted by molar-refractivity contribution is 0.647. The molecular weight excluding hydrogens is 362 g/mol. The molecule has 0 amide bonds. The van der Waals surface area contributed by atoms with Crippen molar-refractivity contribution < 1.29 is 0 Å². The molecule has 0 aliphatic rings. The van der Waals surface area contributed by atoms with Crippen molar-refractivity contribution in [1.29, 1.82) is 5.26 Å². The molecular formula is C18H13N7OS. The molecule has 0 atom stereocenters. The minimum Gasteiger partial charge on any atom is -0.323 e. The minimum atomic E-state index is -0.181. The van der Waals surface area contributed by atoms with Gasteiger partial charge in [0, 0.05) is 24.9 Å². The second-order valence-electron chi connectivity index (χ2n) is 6.33. The van der Waals surface area contributed by atoms with Crippen molar-refractivity contribution in [1.82, 2.24) is 29.1 Å². The predicted molar refractivity (Wildman–Crippen MR) is 103 cm³/mol. The third-order valence-corrected chi connectivity index (χ3v) is 5.81. The molecule has 27 heavy (non-hydrogen) atoms. The maximum absolute atomic E-state index is 13.1. The Morgan fingerprint density at radius 1 is 1.19 bits per heavy atom. The van der Waals surface area contributed by atoms with Crippen molar-refractivity contribution in [3.8, 4) is 6.07 Å². The van der Waals surface area contributed by atoms with Crippen molar-refractivity contribution >= 4 is 43.5 Å². The Bertz CT molecular complexity index is 1460. The summed E-state index contributed by atoms with van der Waals surface area (Å²) in [5.41, 5.74) is 2.99. The van der Waals surface area contributed by atoms with Gasteiger partial charge in [-0.25, -0.2) is 9.67 Å². The van der Waals surface area contributed by atoms with Crippen LogP contribution in [-0.4, -0.2) is 29.1 Å². The number of hydrogen-bond donors (Lipinski definition) is 0. The van der Waals surface area contributed by atoms with Crippen LogP contribution in [0.25, 0.3) is 32.2 Å². The minimum absolute atomic E-state index is 0.181. The van der Waals surface area contributed by atoms with Gasteiger partial charge in [0.1, 0.15) is 11.6 Å². The van der Waals surface area contributed by atoms with Gasteiger partial charge in [0.2, 0.25) is 0 Å². The zero-order valence-electron chi connectivity index (χ0n) is 14.5. The summed E-state index contributed by atoms with van der Waals surface area (Å²) in [5, 5.41) is 19.8. The monoisotopic (exact) mass is 375 g/mol. The van der Waals surface area contributed by atoms with Crippen LogP contribution >= 0.6 is 11.3 Å². The molecule has 9 heteroatoms. The van der Waals surface area contributed by atoms with E-state index in [1.165, 1.54) is 16.0 Å². The molecule has 0 bridgehead atoms. The second kappa shape index (κ2) is 5.49. The largest absolute Gasteiger partial charge is 0.323 e. The third kappa shape index (κ3) is 2.14. The Morgan fingerprint density at radius 3 is 2.81 bits per heavy atom. The van der Waals surface area contributed by atoms with Gasteiger partial charge in [-0.2, -0.15) is 15.5 Å². The molecule has 4 heterocycles. The van der Waals surface area contributed by atoms with E-state index in [0.29, 0.717) is 22.7 Å². The summed E-state index contributed by atoms with van der Waals surface area (Å²) in [7, 11) is 3.68. The summed E-state index contributed by atoms with van der Waals surface area (Å²) in [4.78, 5) is 17.4. The molecule has 0 radical (unpaired) electrons. The van der Waals surface area contributed by atoms with Crippen LogP contribution in [-0.2, 0) is 20.6 Å². The first kappa shape index (κ1) is 15.7. The summed E-state index contributed by atoms with van der Waals surface area (Å²) < 4.78 is 5.82. The summed E-state index contributed by atoms with van der Waals surface area (Å²) in [5.74, 6) is 0. The zero-order valence-corrected chi connectivity index (χ0v) is 15.4. The Balaban J connectivity index is 1.70. The van der Waals surface area contributed by atoms with Crippen molar-refractivity contribution in [2.24, 2.45) is 14.1 Å². The number of aromatic nitrogens is 6. The summed E-state index contributed by atoms with van der Waals surface area (Å²) in [6.07, 6.45) is 3.49. The van der Waals surface area contributed by atoms with E-state index in [1.807, 2.05) is 29.9 Å². The summed E-state index contributed by atoms with van der Waals surface area (Å²) in [6, 6.07) is 7.98. The summed E-state index contributed by atoms with van der Waals surface area (Å²) >= 11 is 1.28. The Labute approximate surface area is 156 Å². The van der Waals surface area contributed by atoms with E-state index in [4.69, 9.17) is 5.26 Å². The predicted octanol–water partition coefficient (Wildman–Crippen LogP) is 2.15. The average molecular weight is 375 g/mol. The number of nitrogens with zero attached hydrogens (tertiary/aromatic N) is 7. The van der Waals surface area contributed by atoms with Crippen LogP contribution in [0.4, 0.5) is 0 Å². The molecule has 8 nitrogen and oxygen atoms in total. The number of thiazole rings is 1. The molecule has 0 saturated carbocycles. The van der Waals surface area contributed by atoms with Crippen LogP contribution in [0.5, 0.6) is 0 Å². The fourth-order valence-corrected chi connectivity index (χ4v) is 4.39. The van der Waals surface area contributed by atoms with Crippen LogP contribution in [0.1, 0.15) is 10.6 Å². The van der Waals surface area contributed by atoms with Crippen molar-refractivity contribution in [3.05, 3.63) is 51.5 Å². The van der Waals surface area contributed by atoms with Gasteiger partial charge < -0.3 is 4.57 Å². The lowest BCUT2D eigenvalue weighted by atomic mass is 10.1. The number of rotatable bonds is 2. The number of nitriles is 1. The molecule has 5 aromatic rings. The Hall–Kier alpha value is -3.51. The lowest BCUT2D eigenvalue weighted by Crippen LogP contribution is -2.24. The topological polar surface area (TPSA) is 94.3 Å². The quantitative estimate of drug-likeness (QED) is 0.471. The number of aryl methyl sites for hydroxylation is 2. The SMILES string of the molecule is Cn1ncc2c(Cn3ncc4c5sc(C#N)nc5n(C)c4c3=O)cccc21. The van der Waals surface area contributed by atoms with E-state index in [2.05, 4.69) is 21.3 Å². The van der Waals surface area contributed by atoms with Crippen LogP contribution in [0, 0.1) is 11.3 Å². The molecule has 0 fully saturated rings. The highest BCUT2D eigenvalue weighted by Gasteiger charge is 2.18. The van der Waals surface area contributed by atoms with E-state index in [0.717, 1.165) is 26.6 Å². The maximum atomic E-state index is 13.1. The molecule has 1 aromatic carbocycles. The smallest absolute Gasteiger partial charge is 0.291 e. The first-order valence-electron chi connectivity index (χ1n) is 8.23. The molecule has 0 N–H and O–H groups in total. The molecule has 0 unspecified atom stereocenters. The van der Waals surface area contributed by atoms with Gasteiger partial charge in [-0.1, -0.05) is 12.1 Å². The molecule has 4 aromatic heterocycles. The van der Waals surface area contributed by atoms with Crippen molar-refractivity contribution in [3.63, 3.8) is 0 Å². The van der Waals surface area contributed by atoms with Gasteiger partial charge in [0.15, 0.2) is 10.7 Å². The van der Waals surface area contributed by atoms with E-state index in [1.54, 1.807) is 24.0 Å². The van der Waals surface area contributed by atoms with E-state index in [9.17, 15) is 4.79 Å².